The van der Waals surface area contributed by atoms with Gasteiger partial charge in [-0.15, -0.1) is 0 Å². The van der Waals surface area contributed by atoms with Crippen molar-refractivity contribution in [1.29, 1.82) is 0 Å². The van der Waals surface area contributed by atoms with Crippen LogP contribution in [0.3, 0.4) is 0 Å². The van der Waals surface area contributed by atoms with Crippen LogP contribution in [0.4, 0.5) is 0 Å². The van der Waals surface area contributed by atoms with Crippen molar-refractivity contribution < 1.29 is 11.3 Å². The Bertz CT molecular complexity index is 448. The van der Waals surface area contributed by atoms with Gasteiger partial charge in [0, 0.05) is 0 Å². The first-order chi connectivity index (χ1) is 9.76. The van der Waals surface area contributed by atoms with E-state index >= 15 is 0 Å². The molecule has 20 heavy (non-hydrogen) atoms. The molecule has 0 saturated carbocycles. The van der Waals surface area contributed by atoms with Crippen LogP contribution in [0.25, 0.3) is 6.08 Å². The van der Waals surface area contributed by atoms with Gasteiger partial charge in [0.25, 0.3) is 0 Å². The van der Waals surface area contributed by atoms with Crippen LogP contribution in [-0.2, 0) is 11.3 Å². The molecule has 3 aliphatic heterocycles. The molecule has 0 amide bonds. The Morgan fingerprint density at radius 1 is 0.950 bits per heavy atom. The summed E-state index contributed by atoms with van der Waals surface area (Å²) in [6, 6.07) is 8.44. The number of hydrogen-bond donors (Lipinski definition) is 0. The molecule has 0 atom stereocenters. The summed E-state index contributed by atoms with van der Waals surface area (Å²) in [7, 11) is 0. The van der Waals surface area contributed by atoms with Gasteiger partial charge in [-0.05, 0) is 0 Å². The number of benzene rings is 1. The fourth-order valence-electron chi connectivity index (χ4n) is 2.43. The average molecular weight is 336 g/mol. The van der Waals surface area contributed by atoms with Gasteiger partial charge < -0.3 is 0 Å². The third-order valence-electron chi connectivity index (χ3n) is 3.69. The minimum atomic E-state index is -3.20. The summed E-state index contributed by atoms with van der Waals surface area (Å²) in [6.07, 6.45) is 2.08. The second kappa shape index (κ2) is 6.41. The van der Waals surface area contributed by atoms with Crippen molar-refractivity contribution in [2.45, 2.75) is 6.92 Å². The Balaban J connectivity index is 1.76. The number of nitrogens with zero attached hydrogens (tertiary/aromatic N) is 1. The molecule has 3 aliphatic rings. The molecular formula is C15H21GeNO3. The molecule has 4 rings (SSSR count). The summed E-state index contributed by atoms with van der Waals surface area (Å²) in [5, 5.41) is 0. The molecule has 5 heteroatoms. The van der Waals surface area contributed by atoms with Crippen molar-refractivity contribution >= 4 is 20.4 Å². The van der Waals surface area contributed by atoms with E-state index in [0.717, 1.165) is 25.2 Å². The monoisotopic (exact) mass is 337 g/mol. The maximum atomic E-state index is 6.00. The third kappa shape index (κ3) is 3.51. The number of fused-ring (bicyclic) bond motifs is 6. The molecule has 1 aromatic rings. The van der Waals surface area contributed by atoms with Gasteiger partial charge in [-0.2, -0.15) is 0 Å². The number of aryl methyl sites for hydroxylation is 1. The number of rotatable bonds is 2. The molecule has 0 radical (unpaired) electrons. The zero-order valence-electron chi connectivity index (χ0n) is 11.9. The zero-order chi connectivity index (χ0) is 13.8. The molecule has 0 aromatic heterocycles. The second-order valence-corrected chi connectivity index (χ2v) is 10.3. The molecule has 2 bridgehead atoms. The van der Waals surface area contributed by atoms with Gasteiger partial charge in [-0.25, -0.2) is 0 Å². The van der Waals surface area contributed by atoms with Gasteiger partial charge in [0.1, 0.15) is 0 Å². The zero-order valence-corrected chi connectivity index (χ0v) is 14.0. The van der Waals surface area contributed by atoms with Crippen molar-refractivity contribution in [2.75, 3.05) is 39.5 Å². The van der Waals surface area contributed by atoms with Crippen molar-refractivity contribution in [3.63, 3.8) is 0 Å². The fourth-order valence-corrected chi connectivity index (χ4v) is 6.76. The molecule has 3 saturated heterocycles. The molecule has 3 fully saturated rings. The van der Waals surface area contributed by atoms with E-state index in [0.29, 0.717) is 19.8 Å². The summed E-state index contributed by atoms with van der Waals surface area (Å²) in [5.74, 6) is 0. The summed E-state index contributed by atoms with van der Waals surface area (Å²) in [4.78, 5) is 4.40. The fraction of sp³-hybridized carbons (Fsp3) is 0.467. The van der Waals surface area contributed by atoms with E-state index in [1.165, 1.54) is 5.56 Å². The maximum absolute atomic E-state index is 6.00. The van der Waals surface area contributed by atoms with Crippen molar-refractivity contribution in [1.82, 2.24) is 4.90 Å². The van der Waals surface area contributed by atoms with Crippen LogP contribution in [0.15, 0.2) is 29.2 Å². The van der Waals surface area contributed by atoms with Crippen molar-refractivity contribution in [3.8, 4) is 0 Å². The Labute approximate surface area is 123 Å². The molecule has 4 nitrogen and oxygen atoms in total. The van der Waals surface area contributed by atoms with Gasteiger partial charge in [-0.3, -0.25) is 0 Å². The average Bonchev–Trinajstić information content (AvgIpc) is 2.38. The van der Waals surface area contributed by atoms with E-state index in [1.807, 2.05) is 0 Å². The van der Waals surface area contributed by atoms with E-state index in [2.05, 4.69) is 47.1 Å². The van der Waals surface area contributed by atoms with Crippen molar-refractivity contribution in [2.24, 2.45) is 0 Å². The molecule has 0 unspecified atom stereocenters. The number of hydrogen-bond acceptors (Lipinski definition) is 4. The standard InChI is InChI=1S/C15H21GeNO3/c1-14-2-4-15(5-3-14)6-7-16-18-11-8-17(9-12-19-16)10-13-20-16/h2-7H,8-13H2,1H3/b7-6+. The molecule has 0 N–H and O–H groups in total. The van der Waals surface area contributed by atoms with E-state index in [4.69, 9.17) is 11.3 Å². The first-order valence-corrected chi connectivity index (χ1v) is 10.9. The van der Waals surface area contributed by atoms with Crippen LogP contribution in [-0.4, -0.2) is 58.6 Å². The Morgan fingerprint density at radius 3 is 2.05 bits per heavy atom. The van der Waals surface area contributed by atoms with Gasteiger partial charge in [0.05, 0.1) is 0 Å². The van der Waals surface area contributed by atoms with Crippen molar-refractivity contribution in [3.05, 3.63) is 40.3 Å². The van der Waals surface area contributed by atoms with Crippen LogP contribution in [0.2, 0.25) is 0 Å². The van der Waals surface area contributed by atoms with Gasteiger partial charge in [0.15, 0.2) is 0 Å². The molecule has 3 heterocycles. The Kier molecular flexibility index (Phi) is 4.58. The molecule has 1 aromatic carbocycles. The SMILES string of the molecule is Cc1ccc(/C=[CH]/[Ge]23[O]CCN(CC[O]2)CC[O]3)cc1. The molecule has 0 aliphatic carbocycles. The molecule has 108 valence electrons. The summed E-state index contributed by atoms with van der Waals surface area (Å²) < 4.78 is 18.0. The first-order valence-electron chi connectivity index (χ1n) is 7.16. The first kappa shape index (κ1) is 14.3. The molecular weight excluding hydrogens is 315 g/mol. The predicted octanol–water partition coefficient (Wildman–Crippen LogP) is 1.87. The van der Waals surface area contributed by atoms with Crippen LogP contribution in [0.5, 0.6) is 0 Å². The predicted molar refractivity (Wildman–Crippen MR) is 80.3 cm³/mol. The minimum absolute atomic E-state index is 0.707. The Morgan fingerprint density at radius 2 is 1.50 bits per heavy atom. The van der Waals surface area contributed by atoms with Crippen LogP contribution in [0, 0.1) is 6.92 Å². The van der Waals surface area contributed by atoms with Crippen LogP contribution in [0.1, 0.15) is 11.1 Å². The summed E-state index contributed by atoms with van der Waals surface area (Å²) in [6.45, 7) is 7.16. The van der Waals surface area contributed by atoms with Crippen LogP contribution >= 0.6 is 0 Å². The van der Waals surface area contributed by atoms with Crippen LogP contribution < -0.4 is 0 Å². The third-order valence-corrected chi connectivity index (χ3v) is 8.71. The van der Waals surface area contributed by atoms with Gasteiger partial charge in [0.2, 0.25) is 0 Å². The Hall–Kier alpha value is -0.657. The van der Waals surface area contributed by atoms with E-state index < -0.39 is 14.3 Å². The van der Waals surface area contributed by atoms with E-state index in [-0.39, 0.29) is 0 Å². The molecule has 0 spiro atoms. The van der Waals surface area contributed by atoms with E-state index in [1.54, 1.807) is 0 Å². The van der Waals surface area contributed by atoms with Gasteiger partial charge >= 0.3 is 123 Å². The van der Waals surface area contributed by atoms with Gasteiger partial charge in [-0.1, -0.05) is 0 Å². The topological polar surface area (TPSA) is 30.9 Å². The van der Waals surface area contributed by atoms with E-state index in [9.17, 15) is 0 Å². The normalized spacial score (nSPS) is 30.9. The quantitative estimate of drug-likeness (QED) is 0.772. The second-order valence-electron chi connectivity index (χ2n) is 5.23. The summed E-state index contributed by atoms with van der Waals surface area (Å²) >= 11 is -3.20. The summed E-state index contributed by atoms with van der Waals surface area (Å²) in [5.41, 5.74) is 2.43.